The van der Waals surface area contributed by atoms with Gasteiger partial charge in [-0.2, -0.15) is 0 Å². The van der Waals surface area contributed by atoms with Crippen molar-refractivity contribution in [3.8, 4) is 0 Å². The van der Waals surface area contributed by atoms with E-state index in [1.54, 1.807) is 23.1 Å². The number of anilines is 1. The Morgan fingerprint density at radius 1 is 1.04 bits per heavy atom. The van der Waals surface area contributed by atoms with Gasteiger partial charge in [-0.3, -0.25) is 9.59 Å². The summed E-state index contributed by atoms with van der Waals surface area (Å²) >= 11 is 12.1. The molecule has 3 heterocycles. The lowest BCUT2D eigenvalue weighted by Crippen LogP contribution is -2.42. The van der Waals surface area contributed by atoms with Crippen LogP contribution in [0.3, 0.4) is 0 Å². The summed E-state index contributed by atoms with van der Waals surface area (Å²) in [7, 11) is 0. The summed E-state index contributed by atoms with van der Waals surface area (Å²) in [5.41, 5.74) is 0.661. The zero-order chi connectivity index (χ0) is 17.6. The molecule has 3 aliphatic rings. The monoisotopic (exact) mass is 381 g/mol. The van der Waals surface area contributed by atoms with Crippen LogP contribution in [0.4, 0.5) is 5.69 Å². The van der Waals surface area contributed by atoms with Crippen molar-refractivity contribution >= 4 is 40.7 Å². The van der Waals surface area contributed by atoms with E-state index in [0.29, 0.717) is 34.4 Å². The Balaban J connectivity index is 1.47. The molecule has 0 saturated carbocycles. The number of hydrogen-bond acceptors (Lipinski definition) is 3. The van der Waals surface area contributed by atoms with Gasteiger partial charge in [-0.15, -0.1) is 0 Å². The molecule has 1 aromatic carbocycles. The highest BCUT2D eigenvalue weighted by Gasteiger charge is 2.39. The van der Waals surface area contributed by atoms with Crippen LogP contribution in [0.1, 0.15) is 25.7 Å². The summed E-state index contributed by atoms with van der Waals surface area (Å²) in [6, 6.07) is 6.00. The predicted molar refractivity (Wildman–Crippen MR) is 98.1 cm³/mol. The predicted octanol–water partition coefficient (Wildman–Crippen LogP) is 2.70. The van der Waals surface area contributed by atoms with Crippen LogP contribution in [0.5, 0.6) is 0 Å². The van der Waals surface area contributed by atoms with Crippen LogP contribution in [-0.2, 0) is 9.59 Å². The third-order valence-electron chi connectivity index (χ3n) is 5.47. The highest BCUT2D eigenvalue weighted by atomic mass is 35.5. The number of carbonyl (C=O) groups is 2. The van der Waals surface area contributed by atoms with Crippen molar-refractivity contribution in [3.63, 3.8) is 0 Å². The maximum atomic E-state index is 13.0. The van der Waals surface area contributed by atoms with Crippen LogP contribution in [0.15, 0.2) is 18.2 Å². The van der Waals surface area contributed by atoms with E-state index in [1.165, 1.54) is 6.42 Å². The third kappa shape index (κ3) is 3.50. The number of hydrogen-bond donors (Lipinski definition) is 1. The molecule has 1 aromatic rings. The van der Waals surface area contributed by atoms with Gasteiger partial charge >= 0.3 is 0 Å². The number of rotatable bonds is 2. The van der Waals surface area contributed by atoms with E-state index in [-0.39, 0.29) is 24.2 Å². The smallest absolute Gasteiger partial charge is 0.228 e. The average molecular weight is 382 g/mol. The highest BCUT2D eigenvalue weighted by molar-refractivity contribution is 6.35. The summed E-state index contributed by atoms with van der Waals surface area (Å²) in [5, 5.41) is 4.56. The number of nitrogens with zero attached hydrogens (tertiary/aromatic N) is 2. The molecule has 3 saturated heterocycles. The summed E-state index contributed by atoms with van der Waals surface area (Å²) in [6.45, 7) is 1.93. The van der Waals surface area contributed by atoms with Crippen LogP contribution in [-0.4, -0.2) is 48.4 Å². The minimum atomic E-state index is -0.290. The molecule has 0 spiro atoms. The Kier molecular flexibility index (Phi) is 4.65. The number of likely N-dealkylation sites (tertiary alicyclic amines) is 1. The summed E-state index contributed by atoms with van der Waals surface area (Å²) in [4.78, 5) is 29.0. The van der Waals surface area contributed by atoms with Gasteiger partial charge in [-0.1, -0.05) is 23.2 Å². The van der Waals surface area contributed by atoms with E-state index in [2.05, 4.69) is 5.32 Å². The van der Waals surface area contributed by atoms with Gasteiger partial charge in [0.2, 0.25) is 11.8 Å². The molecule has 4 rings (SSSR count). The van der Waals surface area contributed by atoms with E-state index < -0.39 is 0 Å². The number of halogens is 2. The van der Waals surface area contributed by atoms with Crippen LogP contribution in [0.25, 0.3) is 0 Å². The van der Waals surface area contributed by atoms with Crippen molar-refractivity contribution in [2.75, 3.05) is 24.5 Å². The fourth-order valence-corrected chi connectivity index (χ4v) is 4.73. The quantitative estimate of drug-likeness (QED) is 0.856. The van der Waals surface area contributed by atoms with Crippen molar-refractivity contribution < 1.29 is 9.59 Å². The molecule has 1 N–H and O–H groups in total. The minimum absolute atomic E-state index is 0.0499. The summed E-state index contributed by atoms with van der Waals surface area (Å²) < 4.78 is 0. The zero-order valence-electron chi connectivity index (χ0n) is 13.9. The van der Waals surface area contributed by atoms with Crippen LogP contribution >= 0.6 is 23.2 Å². The largest absolute Gasteiger partial charge is 0.341 e. The number of fused-ring (bicyclic) bond motifs is 2. The fraction of sp³-hybridized carbons (Fsp3) is 0.556. The second kappa shape index (κ2) is 6.78. The zero-order valence-corrected chi connectivity index (χ0v) is 15.4. The normalized spacial score (nSPS) is 29.2. The first-order valence-corrected chi connectivity index (χ1v) is 9.56. The Morgan fingerprint density at radius 2 is 1.76 bits per heavy atom. The maximum Gasteiger partial charge on any atom is 0.228 e. The highest BCUT2D eigenvalue weighted by Crippen LogP contribution is 2.31. The van der Waals surface area contributed by atoms with Gasteiger partial charge in [0.1, 0.15) is 0 Å². The third-order valence-corrected chi connectivity index (χ3v) is 5.90. The van der Waals surface area contributed by atoms with E-state index in [4.69, 9.17) is 23.2 Å². The van der Waals surface area contributed by atoms with Gasteiger partial charge in [0.25, 0.3) is 0 Å². The average Bonchev–Trinajstić information content (AvgIpc) is 3.08. The van der Waals surface area contributed by atoms with E-state index in [9.17, 15) is 9.59 Å². The van der Waals surface area contributed by atoms with E-state index >= 15 is 0 Å². The van der Waals surface area contributed by atoms with Gasteiger partial charge in [0.05, 0.1) is 5.92 Å². The lowest BCUT2D eigenvalue weighted by atomic mass is 10.0. The van der Waals surface area contributed by atoms with E-state index in [0.717, 1.165) is 25.9 Å². The van der Waals surface area contributed by atoms with Crippen LogP contribution in [0.2, 0.25) is 10.0 Å². The first kappa shape index (κ1) is 17.1. The Morgan fingerprint density at radius 3 is 2.52 bits per heavy atom. The molecule has 7 heteroatoms. The molecule has 3 aliphatic heterocycles. The molecule has 25 heavy (non-hydrogen) atoms. The molecule has 3 atom stereocenters. The first-order chi connectivity index (χ1) is 12.0. The molecular formula is C18H21Cl2N3O2. The molecule has 2 amide bonds. The van der Waals surface area contributed by atoms with Gasteiger partial charge in [-0.25, -0.2) is 0 Å². The molecule has 134 valence electrons. The summed E-state index contributed by atoms with van der Waals surface area (Å²) in [6.07, 6.45) is 3.58. The number of amides is 2. The lowest BCUT2D eigenvalue weighted by Gasteiger charge is -2.27. The van der Waals surface area contributed by atoms with Crippen molar-refractivity contribution in [1.29, 1.82) is 0 Å². The Hall–Kier alpha value is -1.30. The number of nitrogens with one attached hydrogen (secondary N) is 1. The molecule has 2 bridgehead atoms. The van der Waals surface area contributed by atoms with Gasteiger partial charge in [0, 0.05) is 53.9 Å². The molecular weight excluding hydrogens is 361 g/mol. The molecule has 5 nitrogen and oxygen atoms in total. The number of benzene rings is 1. The van der Waals surface area contributed by atoms with Crippen LogP contribution in [0, 0.1) is 5.92 Å². The van der Waals surface area contributed by atoms with Crippen molar-refractivity contribution in [1.82, 2.24) is 10.2 Å². The SMILES string of the molecule is O=C(C1CC(=O)N(c2cc(Cl)cc(Cl)c2)C1)N1CCC2CCC(C1)N2. The van der Waals surface area contributed by atoms with Gasteiger partial charge in [-0.05, 0) is 37.5 Å². The van der Waals surface area contributed by atoms with E-state index in [1.807, 2.05) is 4.90 Å². The molecule has 0 aliphatic carbocycles. The van der Waals surface area contributed by atoms with Crippen molar-refractivity contribution in [2.45, 2.75) is 37.8 Å². The molecule has 0 aromatic heterocycles. The number of carbonyl (C=O) groups excluding carboxylic acids is 2. The maximum absolute atomic E-state index is 13.0. The van der Waals surface area contributed by atoms with Crippen molar-refractivity contribution in [2.24, 2.45) is 5.92 Å². The Labute approximate surface area is 157 Å². The standard InChI is InChI=1S/C18H21Cl2N3O2/c19-12-6-13(20)8-16(7-12)23-9-11(5-17(23)24)18(25)22-4-3-14-1-2-15(10-22)21-14/h6-8,11,14-15,21H,1-5,9-10H2. The summed E-state index contributed by atoms with van der Waals surface area (Å²) in [5.74, 6) is -0.244. The molecule has 3 unspecified atom stereocenters. The lowest BCUT2D eigenvalue weighted by molar-refractivity contribution is -0.136. The fourth-order valence-electron chi connectivity index (χ4n) is 4.22. The van der Waals surface area contributed by atoms with Crippen LogP contribution < -0.4 is 10.2 Å². The van der Waals surface area contributed by atoms with Crippen molar-refractivity contribution in [3.05, 3.63) is 28.2 Å². The molecule has 3 fully saturated rings. The minimum Gasteiger partial charge on any atom is -0.341 e. The topological polar surface area (TPSA) is 52.7 Å². The Bertz CT molecular complexity index is 691. The first-order valence-electron chi connectivity index (χ1n) is 8.81. The van der Waals surface area contributed by atoms with Gasteiger partial charge in [0.15, 0.2) is 0 Å². The molecule has 0 radical (unpaired) electrons. The van der Waals surface area contributed by atoms with Gasteiger partial charge < -0.3 is 15.1 Å². The second-order valence-corrected chi connectivity index (χ2v) is 8.12. The second-order valence-electron chi connectivity index (χ2n) is 7.24.